The van der Waals surface area contributed by atoms with Crippen LogP contribution in [0.3, 0.4) is 0 Å². The van der Waals surface area contributed by atoms with Crippen molar-refractivity contribution < 1.29 is 28.8 Å². The Hall–Kier alpha value is -3.72. The van der Waals surface area contributed by atoms with Gasteiger partial charge in [-0.15, -0.1) is 5.06 Å². The Bertz CT molecular complexity index is 997. The number of ether oxygens (including phenoxy) is 1. The molecular formula is C24H27N3O6. The van der Waals surface area contributed by atoms with E-state index >= 15 is 0 Å². The minimum atomic E-state index is -0.887. The first-order valence-corrected chi connectivity index (χ1v) is 10.6. The van der Waals surface area contributed by atoms with Crippen LogP contribution in [0.4, 0.5) is 4.79 Å². The van der Waals surface area contributed by atoms with Crippen LogP contribution in [0.25, 0.3) is 0 Å². The van der Waals surface area contributed by atoms with Gasteiger partial charge in [0.25, 0.3) is 11.8 Å². The lowest BCUT2D eigenvalue weighted by Crippen LogP contribution is -2.50. The molecule has 0 saturated carbocycles. The molecule has 33 heavy (non-hydrogen) atoms. The van der Waals surface area contributed by atoms with Gasteiger partial charge in [0.15, 0.2) is 0 Å². The number of imide groups is 1. The maximum Gasteiger partial charge on any atom is 0.408 e. The predicted octanol–water partition coefficient (Wildman–Crippen LogP) is 2.47. The van der Waals surface area contributed by atoms with Gasteiger partial charge in [0, 0.05) is 13.0 Å². The van der Waals surface area contributed by atoms with Crippen molar-refractivity contribution in [3.05, 3.63) is 71.3 Å². The number of rotatable bonds is 8. The highest BCUT2D eigenvalue weighted by Crippen LogP contribution is 2.22. The van der Waals surface area contributed by atoms with Crippen LogP contribution < -0.4 is 10.6 Å². The van der Waals surface area contributed by atoms with Crippen molar-refractivity contribution in [1.82, 2.24) is 15.7 Å². The molecular weight excluding hydrogens is 426 g/mol. The predicted molar refractivity (Wildman–Crippen MR) is 119 cm³/mol. The van der Waals surface area contributed by atoms with Gasteiger partial charge < -0.3 is 15.4 Å². The zero-order valence-electron chi connectivity index (χ0n) is 18.8. The number of hydrogen-bond donors (Lipinski definition) is 2. The highest BCUT2D eigenvalue weighted by molar-refractivity contribution is 6.20. The summed E-state index contributed by atoms with van der Waals surface area (Å²) in [7, 11) is 0. The third-order valence-electron chi connectivity index (χ3n) is 4.67. The Labute approximate surface area is 192 Å². The average Bonchev–Trinajstić information content (AvgIpc) is 3.00. The second kappa shape index (κ2) is 10.3. The fraction of sp³-hybridized carbons (Fsp3) is 0.333. The fourth-order valence-electron chi connectivity index (χ4n) is 3.23. The van der Waals surface area contributed by atoms with E-state index in [0.29, 0.717) is 5.06 Å². The van der Waals surface area contributed by atoms with Crippen LogP contribution in [0.2, 0.25) is 0 Å². The van der Waals surface area contributed by atoms with Crippen molar-refractivity contribution >= 4 is 23.8 Å². The van der Waals surface area contributed by atoms with Gasteiger partial charge in [-0.2, -0.15) is 0 Å². The Morgan fingerprint density at radius 3 is 2.09 bits per heavy atom. The van der Waals surface area contributed by atoms with E-state index in [4.69, 9.17) is 9.57 Å². The molecule has 2 aromatic rings. The van der Waals surface area contributed by atoms with Crippen molar-refractivity contribution in [2.45, 2.75) is 38.8 Å². The van der Waals surface area contributed by atoms with Crippen LogP contribution in [-0.2, 0) is 20.8 Å². The Morgan fingerprint density at radius 1 is 0.939 bits per heavy atom. The first-order valence-electron chi connectivity index (χ1n) is 10.6. The topological polar surface area (TPSA) is 114 Å². The summed E-state index contributed by atoms with van der Waals surface area (Å²) >= 11 is 0. The molecule has 0 spiro atoms. The zero-order valence-corrected chi connectivity index (χ0v) is 18.8. The number of hydrogen-bond acceptors (Lipinski definition) is 6. The Balaban J connectivity index is 1.55. The molecule has 174 valence electrons. The van der Waals surface area contributed by atoms with Crippen molar-refractivity contribution in [3.8, 4) is 0 Å². The fourth-order valence-corrected chi connectivity index (χ4v) is 3.23. The molecule has 4 amide bonds. The molecule has 3 rings (SSSR count). The van der Waals surface area contributed by atoms with E-state index < -0.39 is 35.5 Å². The molecule has 0 unspecified atom stereocenters. The molecule has 1 heterocycles. The second-order valence-corrected chi connectivity index (χ2v) is 8.46. The molecule has 0 saturated heterocycles. The monoisotopic (exact) mass is 453 g/mol. The SMILES string of the molecule is CC(C)(C)OC(=O)N[C@@H](Cc1ccccc1)C(=O)NCCON1C(=O)c2ccccc2C1=O. The van der Waals surface area contributed by atoms with E-state index in [1.165, 1.54) is 0 Å². The van der Waals surface area contributed by atoms with Gasteiger partial charge in [-0.3, -0.25) is 19.2 Å². The second-order valence-electron chi connectivity index (χ2n) is 8.46. The summed E-state index contributed by atoms with van der Waals surface area (Å²) in [6.45, 7) is 5.11. The molecule has 0 aliphatic carbocycles. The van der Waals surface area contributed by atoms with Crippen molar-refractivity contribution in [3.63, 3.8) is 0 Å². The highest BCUT2D eigenvalue weighted by Gasteiger charge is 2.36. The van der Waals surface area contributed by atoms with E-state index in [1.54, 1.807) is 45.0 Å². The number of carbonyl (C=O) groups excluding carboxylic acids is 4. The number of benzene rings is 2. The lowest BCUT2D eigenvalue weighted by molar-refractivity contribution is -0.124. The van der Waals surface area contributed by atoms with Gasteiger partial charge >= 0.3 is 6.09 Å². The Kier molecular flexibility index (Phi) is 7.44. The maximum atomic E-state index is 12.8. The maximum absolute atomic E-state index is 12.8. The smallest absolute Gasteiger partial charge is 0.408 e. The minimum absolute atomic E-state index is 0.0214. The first-order chi connectivity index (χ1) is 15.7. The summed E-state index contributed by atoms with van der Waals surface area (Å²) in [4.78, 5) is 54.9. The lowest BCUT2D eigenvalue weighted by atomic mass is 10.1. The number of fused-ring (bicyclic) bond motifs is 1. The third kappa shape index (κ3) is 6.39. The molecule has 9 nitrogen and oxygen atoms in total. The molecule has 1 aliphatic rings. The van der Waals surface area contributed by atoms with Gasteiger partial charge in [-0.25, -0.2) is 4.79 Å². The van der Waals surface area contributed by atoms with Crippen LogP contribution in [0.15, 0.2) is 54.6 Å². The molecule has 0 radical (unpaired) electrons. The summed E-state index contributed by atoms with van der Waals surface area (Å²) in [5, 5.41) is 5.95. The van der Waals surface area contributed by atoms with Crippen LogP contribution in [0.5, 0.6) is 0 Å². The molecule has 1 atom stereocenters. The lowest BCUT2D eigenvalue weighted by Gasteiger charge is -2.23. The Morgan fingerprint density at radius 2 is 1.52 bits per heavy atom. The first kappa shape index (κ1) is 23.9. The number of hydroxylamine groups is 2. The van der Waals surface area contributed by atoms with Gasteiger partial charge in [-0.1, -0.05) is 42.5 Å². The summed E-state index contributed by atoms with van der Waals surface area (Å²) in [5.74, 6) is -1.54. The number of carbonyl (C=O) groups is 4. The van der Waals surface area contributed by atoms with Crippen LogP contribution >= 0.6 is 0 Å². The number of alkyl carbamates (subject to hydrolysis) is 1. The summed E-state index contributed by atoms with van der Waals surface area (Å²) in [6.07, 6.45) is -0.452. The number of nitrogens with one attached hydrogen (secondary N) is 2. The van der Waals surface area contributed by atoms with Gasteiger partial charge in [-0.05, 0) is 38.5 Å². The van der Waals surface area contributed by atoms with Crippen molar-refractivity contribution in [2.24, 2.45) is 0 Å². The van der Waals surface area contributed by atoms with Crippen LogP contribution in [-0.4, -0.2) is 53.7 Å². The third-order valence-corrected chi connectivity index (χ3v) is 4.67. The van der Waals surface area contributed by atoms with Gasteiger partial charge in [0.1, 0.15) is 11.6 Å². The quantitative estimate of drug-likeness (QED) is 0.469. The number of nitrogens with zero attached hydrogens (tertiary/aromatic N) is 1. The molecule has 2 aromatic carbocycles. The molecule has 0 fully saturated rings. The van der Waals surface area contributed by atoms with Gasteiger partial charge in [0.2, 0.25) is 5.91 Å². The normalized spacial score (nSPS) is 14.0. The van der Waals surface area contributed by atoms with Crippen LogP contribution in [0, 0.1) is 0 Å². The molecule has 9 heteroatoms. The van der Waals surface area contributed by atoms with E-state index in [0.717, 1.165) is 5.56 Å². The number of amides is 4. The zero-order chi connectivity index (χ0) is 24.0. The molecule has 0 aromatic heterocycles. The van der Waals surface area contributed by atoms with Crippen molar-refractivity contribution in [2.75, 3.05) is 13.2 Å². The summed E-state index contributed by atoms with van der Waals surface area (Å²) in [5.41, 5.74) is 0.695. The minimum Gasteiger partial charge on any atom is -0.444 e. The summed E-state index contributed by atoms with van der Waals surface area (Å²) in [6, 6.07) is 14.8. The molecule has 0 bridgehead atoms. The van der Waals surface area contributed by atoms with E-state index in [1.807, 2.05) is 30.3 Å². The van der Waals surface area contributed by atoms with Crippen molar-refractivity contribution in [1.29, 1.82) is 0 Å². The summed E-state index contributed by atoms with van der Waals surface area (Å²) < 4.78 is 5.27. The average molecular weight is 453 g/mol. The van der Waals surface area contributed by atoms with E-state index in [9.17, 15) is 19.2 Å². The molecule has 1 aliphatic heterocycles. The largest absolute Gasteiger partial charge is 0.444 e. The van der Waals surface area contributed by atoms with Crippen LogP contribution in [0.1, 0.15) is 47.1 Å². The van der Waals surface area contributed by atoms with Gasteiger partial charge in [0.05, 0.1) is 17.7 Å². The molecule has 2 N–H and O–H groups in total. The van der Waals surface area contributed by atoms with E-state index in [-0.39, 0.29) is 30.7 Å². The standard InChI is InChI=1S/C24H27N3O6/c1-24(2,3)33-23(31)26-19(15-16-9-5-4-6-10-16)20(28)25-13-14-32-27-21(29)17-11-7-8-12-18(17)22(27)30/h4-12,19H,13-15H2,1-3H3,(H,25,28)(H,26,31)/t19-/m0/s1. The van der Waals surface area contributed by atoms with E-state index in [2.05, 4.69) is 10.6 Å². The highest BCUT2D eigenvalue weighted by atomic mass is 16.7.